The highest BCUT2D eigenvalue weighted by Crippen LogP contribution is 2.29. The number of fused-ring (bicyclic) bond motifs is 1. The SMILES string of the molecule is Cc1cc(Nc2ncc(C)s2)cc([C@H]2CN(C(=O)c3n[nH]c4c3CCCC4)CCO2)n1. The van der Waals surface area contributed by atoms with E-state index in [0.717, 1.165) is 64.0 Å². The third-order valence-electron chi connectivity index (χ3n) is 5.79. The normalized spacial score (nSPS) is 18.6. The van der Waals surface area contributed by atoms with Crippen LogP contribution in [-0.4, -0.2) is 50.7 Å². The molecule has 0 spiro atoms. The van der Waals surface area contributed by atoms with E-state index in [1.165, 1.54) is 0 Å². The second-order valence-electron chi connectivity index (χ2n) is 8.17. The Morgan fingerprint density at radius 3 is 3.00 bits per heavy atom. The van der Waals surface area contributed by atoms with Crippen molar-refractivity contribution in [2.45, 2.75) is 45.6 Å². The summed E-state index contributed by atoms with van der Waals surface area (Å²) >= 11 is 1.61. The zero-order valence-corrected chi connectivity index (χ0v) is 18.6. The van der Waals surface area contributed by atoms with Crippen molar-refractivity contribution in [3.8, 4) is 0 Å². The summed E-state index contributed by atoms with van der Waals surface area (Å²) in [6, 6.07) is 3.97. The van der Waals surface area contributed by atoms with Gasteiger partial charge in [-0.25, -0.2) is 4.98 Å². The van der Waals surface area contributed by atoms with Crippen LogP contribution < -0.4 is 5.32 Å². The van der Waals surface area contributed by atoms with Crippen LogP contribution in [0.4, 0.5) is 10.8 Å². The van der Waals surface area contributed by atoms with Crippen LogP contribution in [-0.2, 0) is 17.6 Å². The largest absolute Gasteiger partial charge is 0.368 e. The third kappa shape index (κ3) is 4.20. The van der Waals surface area contributed by atoms with Crippen LogP contribution in [0.25, 0.3) is 0 Å². The number of ether oxygens (including phenoxy) is 1. The number of aryl methyl sites for hydroxylation is 3. The van der Waals surface area contributed by atoms with Crippen LogP contribution in [0.15, 0.2) is 18.3 Å². The van der Waals surface area contributed by atoms with E-state index in [0.29, 0.717) is 25.4 Å². The molecule has 31 heavy (non-hydrogen) atoms. The zero-order chi connectivity index (χ0) is 21.4. The summed E-state index contributed by atoms with van der Waals surface area (Å²) in [5.41, 5.74) is 5.42. The highest BCUT2D eigenvalue weighted by molar-refractivity contribution is 7.15. The fraction of sp³-hybridized carbons (Fsp3) is 0.455. The molecule has 1 atom stereocenters. The highest BCUT2D eigenvalue weighted by atomic mass is 32.1. The van der Waals surface area contributed by atoms with E-state index in [9.17, 15) is 4.79 Å². The lowest BCUT2D eigenvalue weighted by atomic mass is 9.95. The Hall–Kier alpha value is -2.78. The maximum Gasteiger partial charge on any atom is 0.274 e. The topological polar surface area (TPSA) is 96.0 Å². The first-order valence-electron chi connectivity index (χ1n) is 10.7. The molecule has 2 aliphatic rings. The summed E-state index contributed by atoms with van der Waals surface area (Å²) < 4.78 is 6.01. The minimum atomic E-state index is -0.272. The van der Waals surface area contributed by atoms with Crippen molar-refractivity contribution in [2.24, 2.45) is 0 Å². The minimum absolute atomic E-state index is 0.0167. The average molecular weight is 439 g/mol. The number of pyridine rings is 1. The molecule has 8 nitrogen and oxygen atoms in total. The Morgan fingerprint density at radius 1 is 1.29 bits per heavy atom. The van der Waals surface area contributed by atoms with Crippen LogP contribution in [0, 0.1) is 13.8 Å². The molecule has 1 saturated heterocycles. The molecule has 1 aliphatic carbocycles. The second kappa shape index (κ2) is 8.39. The lowest BCUT2D eigenvalue weighted by Gasteiger charge is -2.32. The Balaban J connectivity index is 1.34. The fourth-order valence-electron chi connectivity index (χ4n) is 4.29. The van der Waals surface area contributed by atoms with Crippen LogP contribution in [0.2, 0.25) is 0 Å². The number of nitrogens with one attached hydrogen (secondary N) is 2. The quantitative estimate of drug-likeness (QED) is 0.645. The van der Waals surface area contributed by atoms with E-state index >= 15 is 0 Å². The van der Waals surface area contributed by atoms with Crippen molar-refractivity contribution < 1.29 is 9.53 Å². The zero-order valence-electron chi connectivity index (χ0n) is 17.8. The predicted molar refractivity (Wildman–Crippen MR) is 119 cm³/mol. The number of hydrogen-bond donors (Lipinski definition) is 2. The van der Waals surface area contributed by atoms with Gasteiger partial charge in [-0.3, -0.25) is 14.9 Å². The van der Waals surface area contributed by atoms with Crippen molar-refractivity contribution in [1.82, 2.24) is 25.1 Å². The minimum Gasteiger partial charge on any atom is -0.368 e. The second-order valence-corrected chi connectivity index (χ2v) is 9.40. The van der Waals surface area contributed by atoms with Gasteiger partial charge in [0.1, 0.15) is 6.10 Å². The lowest BCUT2D eigenvalue weighted by Crippen LogP contribution is -2.43. The van der Waals surface area contributed by atoms with Crippen molar-refractivity contribution in [3.05, 3.63) is 51.5 Å². The molecule has 3 aromatic heterocycles. The fourth-order valence-corrected chi connectivity index (χ4v) is 4.97. The van der Waals surface area contributed by atoms with Crippen LogP contribution in [0.1, 0.15) is 57.0 Å². The van der Waals surface area contributed by atoms with E-state index in [2.05, 4.69) is 25.5 Å². The van der Waals surface area contributed by atoms with E-state index in [1.807, 2.05) is 37.1 Å². The summed E-state index contributed by atoms with van der Waals surface area (Å²) in [4.78, 5) is 25.3. The third-order valence-corrected chi connectivity index (χ3v) is 6.62. The highest BCUT2D eigenvalue weighted by Gasteiger charge is 2.31. The number of H-pyrrole nitrogens is 1. The number of amides is 1. The molecular formula is C22H26N6O2S. The smallest absolute Gasteiger partial charge is 0.274 e. The van der Waals surface area contributed by atoms with E-state index in [4.69, 9.17) is 4.74 Å². The first-order chi connectivity index (χ1) is 15.1. The van der Waals surface area contributed by atoms with Gasteiger partial charge in [0.25, 0.3) is 5.91 Å². The van der Waals surface area contributed by atoms with E-state index < -0.39 is 0 Å². The molecule has 0 bridgehead atoms. The molecule has 1 aliphatic heterocycles. The van der Waals surface area contributed by atoms with Crippen molar-refractivity contribution in [1.29, 1.82) is 0 Å². The van der Waals surface area contributed by atoms with Gasteiger partial charge in [0.05, 0.1) is 18.8 Å². The molecule has 1 amide bonds. The number of aromatic nitrogens is 4. The number of morpholine rings is 1. The molecule has 1 fully saturated rings. The van der Waals surface area contributed by atoms with Gasteiger partial charge in [0.2, 0.25) is 0 Å². The van der Waals surface area contributed by atoms with Gasteiger partial charge >= 0.3 is 0 Å². The molecule has 5 rings (SSSR count). The Morgan fingerprint density at radius 2 is 2.16 bits per heavy atom. The van der Waals surface area contributed by atoms with E-state index in [-0.39, 0.29) is 12.0 Å². The molecule has 9 heteroatoms. The summed E-state index contributed by atoms with van der Waals surface area (Å²) in [6.45, 7) is 5.50. The number of hydrogen-bond acceptors (Lipinski definition) is 7. The standard InChI is InChI=1S/C22H26N6O2S/c1-13-9-15(25-22-23-11-14(2)31-22)10-18(24-13)19-12-28(7-8-30-19)21(29)20-16-5-3-4-6-17(16)26-27-20/h9-11,19H,3-8,12H2,1-2H3,(H,26,27)(H,23,24,25)/t19-/m1/s1. The monoisotopic (exact) mass is 438 g/mol. The molecule has 4 heterocycles. The Labute approximate surface area is 185 Å². The van der Waals surface area contributed by atoms with Gasteiger partial charge in [-0.1, -0.05) is 0 Å². The summed E-state index contributed by atoms with van der Waals surface area (Å²) in [5.74, 6) is -0.0167. The number of anilines is 2. The molecular weight excluding hydrogens is 412 g/mol. The molecule has 0 aromatic carbocycles. The first kappa shape index (κ1) is 20.1. The van der Waals surface area contributed by atoms with Gasteiger partial charge in [0.15, 0.2) is 10.8 Å². The summed E-state index contributed by atoms with van der Waals surface area (Å²) in [6.07, 6.45) is 5.74. The first-order valence-corrected chi connectivity index (χ1v) is 11.5. The number of thiazole rings is 1. The van der Waals surface area contributed by atoms with Gasteiger partial charge in [-0.2, -0.15) is 5.10 Å². The summed E-state index contributed by atoms with van der Waals surface area (Å²) in [5, 5.41) is 11.6. The molecule has 2 N–H and O–H groups in total. The van der Waals surface area contributed by atoms with Crippen LogP contribution >= 0.6 is 11.3 Å². The van der Waals surface area contributed by atoms with Crippen molar-refractivity contribution in [3.63, 3.8) is 0 Å². The van der Waals surface area contributed by atoms with Crippen molar-refractivity contribution >= 4 is 28.1 Å². The van der Waals surface area contributed by atoms with Crippen molar-refractivity contribution in [2.75, 3.05) is 25.0 Å². The molecule has 0 radical (unpaired) electrons. The summed E-state index contributed by atoms with van der Waals surface area (Å²) in [7, 11) is 0. The lowest BCUT2D eigenvalue weighted by molar-refractivity contribution is -0.0249. The number of carbonyl (C=O) groups excluding carboxylic acids is 1. The molecule has 3 aromatic rings. The number of rotatable bonds is 4. The molecule has 0 saturated carbocycles. The van der Waals surface area contributed by atoms with Gasteiger partial charge in [0, 0.05) is 40.3 Å². The molecule has 0 unspecified atom stereocenters. The van der Waals surface area contributed by atoms with Crippen LogP contribution in [0.5, 0.6) is 0 Å². The number of nitrogens with zero attached hydrogens (tertiary/aromatic N) is 4. The van der Waals surface area contributed by atoms with Gasteiger partial charge in [-0.05, 0) is 51.7 Å². The molecule has 162 valence electrons. The van der Waals surface area contributed by atoms with Crippen LogP contribution in [0.3, 0.4) is 0 Å². The number of carbonyl (C=O) groups is 1. The van der Waals surface area contributed by atoms with Gasteiger partial charge in [-0.15, -0.1) is 11.3 Å². The Bertz CT molecular complexity index is 1110. The maximum atomic E-state index is 13.2. The maximum absolute atomic E-state index is 13.2. The Kier molecular flexibility index (Phi) is 5.45. The average Bonchev–Trinajstić information content (AvgIpc) is 3.39. The van der Waals surface area contributed by atoms with E-state index in [1.54, 1.807) is 11.3 Å². The number of aromatic amines is 1. The van der Waals surface area contributed by atoms with Gasteiger partial charge < -0.3 is 15.0 Å². The predicted octanol–water partition coefficient (Wildman–Crippen LogP) is 3.71.